The van der Waals surface area contributed by atoms with Gasteiger partial charge >= 0.3 is 0 Å². The van der Waals surface area contributed by atoms with Crippen LogP contribution < -0.4 is 10.1 Å². The average Bonchev–Trinajstić information content (AvgIpc) is 3.10. The number of piperidine rings is 1. The van der Waals surface area contributed by atoms with Crippen molar-refractivity contribution in [2.45, 2.75) is 64.0 Å². The van der Waals surface area contributed by atoms with E-state index >= 15 is 0 Å². The van der Waals surface area contributed by atoms with Gasteiger partial charge < -0.3 is 20.1 Å². The first kappa shape index (κ1) is 22.2. The maximum atomic E-state index is 13.1. The van der Waals surface area contributed by atoms with Gasteiger partial charge in [-0.3, -0.25) is 9.59 Å². The molecule has 2 heterocycles. The summed E-state index contributed by atoms with van der Waals surface area (Å²) >= 11 is 0. The summed E-state index contributed by atoms with van der Waals surface area (Å²) in [5.74, 6) is 0.0370. The number of carbonyl (C=O) groups excluding carboxylic acids is 2. The van der Waals surface area contributed by atoms with Crippen LogP contribution in [0.15, 0.2) is 42.5 Å². The zero-order valence-corrected chi connectivity index (χ0v) is 19.1. The first-order chi connectivity index (χ1) is 15.3. The summed E-state index contributed by atoms with van der Waals surface area (Å²) in [6.07, 6.45) is 2.85. The van der Waals surface area contributed by atoms with Crippen LogP contribution in [0.4, 0.5) is 0 Å². The zero-order chi connectivity index (χ0) is 22.9. The largest absolute Gasteiger partial charge is 0.504 e. The quantitative estimate of drug-likeness (QED) is 0.742. The van der Waals surface area contributed by atoms with Crippen molar-refractivity contribution in [3.8, 4) is 11.5 Å². The van der Waals surface area contributed by atoms with Gasteiger partial charge in [-0.15, -0.1) is 0 Å². The van der Waals surface area contributed by atoms with E-state index in [1.54, 1.807) is 6.07 Å². The number of rotatable bonds is 5. The SMILES string of the molecule is CCC(C(=O)N1CCC(NC(=O)c2ccc3c(c2O)OC(C)(C)C3)CC1)c1ccccc1. The number of carbonyl (C=O) groups is 2. The van der Waals surface area contributed by atoms with Gasteiger partial charge in [-0.25, -0.2) is 0 Å². The van der Waals surface area contributed by atoms with Crippen LogP contribution in [0.3, 0.4) is 0 Å². The second kappa shape index (κ2) is 8.85. The summed E-state index contributed by atoms with van der Waals surface area (Å²) in [4.78, 5) is 27.8. The van der Waals surface area contributed by atoms with Crippen LogP contribution in [-0.2, 0) is 11.2 Å². The number of likely N-dealkylation sites (tertiary alicyclic amines) is 1. The van der Waals surface area contributed by atoms with Crippen molar-refractivity contribution in [2.24, 2.45) is 0 Å². The lowest BCUT2D eigenvalue weighted by Crippen LogP contribution is -2.47. The molecule has 0 aliphatic carbocycles. The smallest absolute Gasteiger partial charge is 0.255 e. The fourth-order valence-corrected chi connectivity index (χ4v) is 4.79. The monoisotopic (exact) mass is 436 g/mol. The summed E-state index contributed by atoms with van der Waals surface area (Å²) in [5.41, 5.74) is 1.81. The molecule has 4 rings (SSSR count). The van der Waals surface area contributed by atoms with E-state index in [1.807, 2.05) is 62.1 Å². The minimum Gasteiger partial charge on any atom is -0.504 e. The van der Waals surface area contributed by atoms with E-state index < -0.39 is 0 Å². The third kappa shape index (κ3) is 4.45. The van der Waals surface area contributed by atoms with Gasteiger partial charge in [0.2, 0.25) is 5.91 Å². The number of hydrogen-bond donors (Lipinski definition) is 2. The Morgan fingerprint density at radius 1 is 1.16 bits per heavy atom. The molecule has 2 aromatic carbocycles. The second-order valence-corrected chi connectivity index (χ2v) is 9.43. The highest BCUT2D eigenvalue weighted by Crippen LogP contribution is 2.43. The lowest BCUT2D eigenvalue weighted by Gasteiger charge is -2.34. The molecule has 170 valence electrons. The van der Waals surface area contributed by atoms with Gasteiger partial charge in [-0.2, -0.15) is 0 Å². The van der Waals surface area contributed by atoms with E-state index in [0.29, 0.717) is 38.1 Å². The molecule has 1 saturated heterocycles. The van der Waals surface area contributed by atoms with E-state index in [4.69, 9.17) is 4.74 Å². The van der Waals surface area contributed by atoms with Crippen LogP contribution in [0.1, 0.15) is 67.4 Å². The Hall–Kier alpha value is -3.02. The lowest BCUT2D eigenvalue weighted by molar-refractivity contribution is -0.134. The molecule has 1 fully saturated rings. The molecule has 1 unspecified atom stereocenters. The number of hydrogen-bond acceptors (Lipinski definition) is 4. The van der Waals surface area contributed by atoms with E-state index in [1.165, 1.54) is 0 Å². The molecule has 2 aliphatic heterocycles. The first-order valence-corrected chi connectivity index (χ1v) is 11.5. The Morgan fingerprint density at radius 3 is 2.50 bits per heavy atom. The topological polar surface area (TPSA) is 78.9 Å². The summed E-state index contributed by atoms with van der Waals surface area (Å²) in [7, 11) is 0. The Kier molecular flexibility index (Phi) is 6.13. The molecule has 6 heteroatoms. The van der Waals surface area contributed by atoms with Crippen LogP contribution in [0.5, 0.6) is 11.5 Å². The zero-order valence-electron chi connectivity index (χ0n) is 19.1. The molecule has 0 radical (unpaired) electrons. The fourth-order valence-electron chi connectivity index (χ4n) is 4.79. The van der Waals surface area contributed by atoms with Crippen molar-refractivity contribution in [1.29, 1.82) is 0 Å². The van der Waals surface area contributed by atoms with Crippen LogP contribution in [-0.4, -0.2) is 46.6 Å². The maximum Gasteiger partial charge on any atom is 0.255 e. The standard InChI is InChI=1S/C26H32N2O4/c1-4-20(17-8-6-5-7-9-17)25(31)28-14-12-19(13-15-28)27-24(30)21-11-10-18-16-26(2,3)32-23(18)22(21)29/h5-11,19-20,29H,4,12-16H2,1-3H3,(H,27,30). The highest BCUT2D eigenvalue weighted by atomic mass is 16.5. The predicted octanol–water partition coefficient (Wildman–Crippen LogP) is 4.02. The summed E-state index contributed by atoms with van der Waals surface area (Å²) < 4.78 is 5.84. The van der Waals surface area contributed by atoms with Crippen molar-refractivity contribution in [3.05, 3.63) is 59.2 Å². The molecule has 0 bridgehead atoms. The number of ether oxygens (including phenoxy) is 1. The minimum atomic E-state index is -0.385. The number of benzene rings is 2. The third-order valence-electron chi connectivity index (χ3n) is 6.50. The summed E-state index contributed by atoms with van der Waals surface area (Å²) in [6, 6.07) is 13.4. The Bertz CT molecular complexity index is 994. The minimum absolute atomic E-state index is 0.0339. The van der Waals surface area contributed by atoms with Gasteiger partial charge in [0.05, 0.1) is 11.5 Å². The number of phenolic OH excluding ortho intramolecular Hbond substituents is 1. The van der Waals surface area contributed by atoms with Crippen molar-refractivity contribution in [2.75, 3.05) is 13.1 Å². The normalized spacial score (nSPS) is 18.5. The Balaban J connectivity index is 1.36. The van der Waals surface area contributed by atoms with Crippen LogP contribution in [0.25, 0.3) is 0 Å². The van der Waals surface area contributed by atoms with Crippen LogP contribution >= 0.6 is 0 Å². The molecule has 0 saturated carbocycles. The molecular formula is C26H32N2O4. The molecule has 0 spiro atoms. The molecule has 2 aliphatic rings. The molecule has 0 aromatic heterocycles. The van der Waals surface area contributed by atoms with Gasteiger partial charge in [-0.05, 0) is 44.7 Å². The summed E-state index contributed by atoms with van der Waals surface area (Å²) in [6.45, 7) is 7.18. The fraction of sp³-hybridized carbons (Fsp3) is 0.462. The lowest BCUT2D eigenvalue weighted by atomic mass is 9.93. The Morgan fingerprint density at radius 2 is 1.84 bits per heavy atom. The molecule has 2 amide bonds. The molecule has 32 heavy (non-hydrogen) atoms. The van der Waals surface area contributed by atoms with Gasteiger partial charge in [-0.1, -0.05) is 43.3 Å². The molecule has 1 atom stereocenters. The van der Waals surface area contributed by atoms with Crippen molar-refractivity contribution in [1.82, 2.24) is 10.2 Å². The van der Waals surface area contributed by atoms with Gasteiger partial charge in [0, 0.05) is 31.1 Å². The number of phenols is 1. The highest BCUT2D eigenvalue weighted by molar-refractivity contribution is 5.98. The number of amides is 2. The maximum absolute atomic E-state index is 13.1. The Labute approximate surface area is 189 Å². The predicted molar refractivity (Wildman–Crippen MR) is 123 cm³/mol. The van der Waals surface area contributed by atoms with Crippen molar-refractivity contribution >= 4 is 11.8 Å². The number of nitrogens with zero attached hydrogens (tertiary/aromatic N) is 1. The number of nitrogens with one attached hydrogen (secondary N) is 1. The molecule has 2 aromatic rings. The van der Waals surface area contributed by atoms with E-state index in [0.717, 1.165) is 17.5 Å². The van der Waals surface area contributed by atoms with Crippen molar-refractivity contribution in [3.63, 3.8) is 0 Å². The first-order valence-electron chi connectivity index (χ1n) is 11.5. The van der Waals surface area contributed by atoms with E-state index in [9.17, 15) is 14.7 Å². The highest BCUT2D eigenvalue weighted by Gasteiger charge is 2.34. The van der Waals surface area contributed by atoms with E-state index in [2.05, 4.69) is 5.32 Å². The molecule has 6 nitrogen and oxygen atoms in total. The van der Waals surface area contributed by atoms with Gasteiger partial charge in [0.15, 0.2) is 11.5 Å². The van der Waals surface area contributed by atoms with Gasteiger partial charge in [0.1, 0.15) is 5.60 Å². The molecular weight excluding hydrogens is 404 g/mol. The van der Waals surface area contributed by atoms with Crippen molar-refractivity contribution < 1.29 is 19.4 Å². The second-order valence-electron chi connectivity index (χ2n) is 9.43. The third-order valence-corrected chi connectivity index (χ3v) is 6.50. The van der Waals surface area contributed by atoms with Crippen LogP contribution in [0.2, 0.25) is 0 Å². The van der Waals surface area contributed by atoms with Gasteiger partial charge in [0.25, 0.3) is 5.91 Å². The molecule has 2 N–H and O–H groups in total. The number of aromatic hydroxyl groups is 1. The van der Waals surface area contributed by atoms with Crippen LogP contribution in [0, 0.1) is 0 Å². The number of fused-ring (bicyclic) bond motifs is 1. The average molecular weight is 437 g/mol. The summed E-state index contributed by atoms with van der Waals surface area (Å²) in [5, 5.41) is 13.6. The van der Waals surface area contributed by atoms with E-state index in [-0.39, 0.29) is 40.7 Å².